The highest BCUT2D eigenvalue weighted by atomic mass is 16.7. The molecule has 0 aliphatic carbocycles. The van der Waals surface area contributed by atoms with Crippen molar-refractivity contribution in [2.45, 2.75) is 19.4 Å². The van der Waals surface area contributed by atoms with Gasteiger partial charge in [-0.3, -0.25) is 9.78 Å². The molecule has 7 heteroatoms. The second-order valence-electron chi connectivity index (χ2n) is 5.97. The molecule has 0 saturated carbocycles. The monoisotopic (exact) mass is 350 g/mol. The molecule has 26 heavy (non-hydrogen) atoms. The Morgan fingerprint density at radius 3 is 2.92 bits per heavy atom. The minimum atomic E-state index is -0.0596. The van der Waals surface area contributed by atoms with Crippen molar-refractivity contribution in [3.63, 3.8) is 0 Å². The van der Waals surface area contributed by atoms with Crippen molar-refractivity contribution in [3.05, 3.63) is 66.1 Å². The van der Waals surface area contributed by atoms with Crippen LogP contribution < -0.4 is 14.8 Å². The van der Waals surface area contributed by atoms with Gasteiger partial charge in [0.25, 0.3) is 0 Å². The summed E-state index contributed by atoms with van der Waals surface area (Å²) in [7, 11) is 0. The first-order valence-corrected chi connectivity index (χ1v) is 8.37. The van der Waals surface area contributed by atoms with Gasteiger partial charge in [-0.1, -0.05) is 12.1 Å². The summed E-state index contributed by atoms with van der Waals surface area (Å²) in [5.74, 6) is 2.09. The van der Waals surface area contributed by atoms with Crippen LogP contribution >= 0.6 is 0 Å². The lowest BCUT2D eigenvalue weighted by Gasteiger charge is -2.09. The number of rotatable bonds is 6. The normalized spacial score (nSPS) is 12.2. The molecule has 0 atom stereocenters. The van der Waals surface area contributed by atoms with Crippen molar-refractivity contribution in [2.75, 3.05) is 12.1 Å². The summed E-state index contributed by atoms with van der Waals surface area (Å²) in [5.41, 5.74) is 2.06. The Balaban J connectivity index is 1.35. The molecular formula is C19H18N4O3. The van der Waals surface area contributed by atoms with E-state index in [2.05, 4.69) is 15.4 Å². The lowest BCUT2D eigenvalue weighted by molar-refractivity contribution is -0.116. The molecule has 1 N–H and O–H groups in total. The summed E-state index contributed by atoms with van der Waals surface area (Å²) < 4.78 is 12.4. The zero-order chi connectivity index (χ0) is 17.8. The third-order valence-corrected chi connectivity index (χ3v) is 4.12. The fraction of sp³-hybridized carbons (Fsp3) is 0.211. The van der Waals surface area contributed by atoms with E-state index in [4.69, 9.17) is 9.47 Å². The van der Waals surface area contributed by atoms with Crippen molar-refractivity contribution in [3.8, 4) is 11.5 Å². The standard InChI is InChI=1S/C19H18N4O3/c24-19(6-4-14-3-5-16-17(10-14)26-13-25-16)22-18-7-9-21-23(18)12-15-2-1-8-20-11-15/h1-3,5,7-11H,4,6,12-13H2,(H,22,24). The van der Waals surface area contributed by atoms with Gasteiger partial charge in [0.05, 0.1) is 12.7 Å². The minimum Gasteiger partial charge on any atom is -0.454 e. The van der Waals surface area contributed by atoms with Crippen molar-refractivity contribution in [1.82, 2.24) is 14.8 Å². The van der Waals surface area contributed by atoms with Crippen LogP contribution in [-0.2, 0) is 17.8 Å². The number of nitrogens with zero attached hydrogens (tertiary/aromatic N) is 3. The summed E-state index contributed by atoms with van der Waals surface area (Å²) in [6, 6.07) is 11.4. The van der Waals surface area contributed by atoms with Gasteiger partial charge in [0, 0.05) is 24.9 Å². The van der Waals surface area contributed by atoms with Crippen LogP contribution in [0.1, 0.15) is 17.5 Å². The molecule has 7 nitrogen and oxygen atoms in total. The maximum atomic E-state index is 12.3. The number of aryl methyl sites for hydroxylation is 1. The molecule has 0 saturated heterocycles. The van der Waals surface area contributed by atoms with Crippen molar-refractivity contribution in [2.24, 2.45) is 0 Å². The average Bonchev–Trinajstić information content (AvgIpc) is 3.30. The molecule has 4 rings (SSSR count). The number of nitrogens with one attached hydrogen (secondary N) is 1. The second kappa shape index (κ2) is 7.26. The Bertz CT molecular complexity index is 908. The summed E-state index contributed by atoms with van der Waals surface area (Å²) in [6.07, 6.45) is 6.18. The van der Waals surface area contributed by atoms with E-state index < -0.39 is 0 Å². The Morgan fingerprint density at radius 2 is 2.04 bits per heavy atom. The highest BCUT2D eigenvalue weighted by Crippen LogP contribution is 2.32. The molecule has 132 valence electrons. The van der Waals surface area contributed by atoms with Crippen molar-refractivity contribution < 1.29 is 14.3 Å². The predicted octanol–water partition coefficient (Wildman–Crippen LogP) is 2.63. The number of carbonyl (C=O) groups is 1. The zero-order valence-electron chi connectivity index (χ0n) is 14.1. The Kier molecular flexibility index (Phi) is 4.51. The maximum absolute atomic E-state index is 12.3. The van der Waals surface area contributed by atoms with Crippen LogP contribution in [0.15, 0.2) is 55.0 Å². The third-order valence-electron chi connectivity index (χ3n) is 4.12. The van der Waals surface area contributed by atoms with E-state index in [1.165, 1.54) is 0 Å². The summed E-state index contributed by atoms with van der Waals surface area (Å²) in [4.78, 5) is 16.4. The quantitative estimate of drug-likeness (QED) is 0.739. The van der Waals surface area contributed by atoms with E-state index in [9.17, 15) is 4.79 Å². The van der Waals surface area contributed by atoms with Crippen molar-refractivity contribution >= 4 is 11.7 Å². The number of aromatic nitrogens is 3. The fourth-order valence-electron chi connectivity index (χ4n) is 2.79. The van der Waals surface area contributed by atoms with Crippen LogP contribution in [0.3, 0.4) is 0 Å². The SMILES string of the molecule is O=C(CCc1ccc2c(c1)OCO2)Nc1ccnn1Cc1cccnc1. The van der Waals surface area contributed by atoms with Gasteiger partial charge in [-0.15, -0.1) is 0 Å². The van der Waals surface area contributed by atoms with Gasteiger partial charge in [-0.25, -0.2) is 4.68 Å². The van der Waals surface area contributed by atoms with Gasteiger partial charge in [0.15, 0.2) is 11.5 Å². The molecule has 0 fully saturated rings. The largest absolute Gasteiger partial charge is 0.454 e. The predicted molar refractivity (Wildman–Crippen MR) is 95.1 cm³/mol. The molecule has 0 unspecified atom stereocenters. The molecule has 0 radical (unpaired) electrons. The lowest BCUT2D eigenvalue weighted by Crippen LogP contribution is -2.16. The van der Waals surface area contributed by atoms with Gasteiger partial charge in [0.1, 0.15) is 5.82 Å². The van der Waals surface area contributed by atoms with Gasteiger partial charge < -0.3 is 14.8 Å². The Labute approximate surface area is 150 Å². The molecule has 3 aromatic rings. The molecule has 0 bridgehead atoms. The van der Waals surface area contributed by atoms with E-state index in [0.29, 0.717) is 25.2 Å². The first-order valence-electron chi connectivity index (χ1n) is 8.37. The van der Waals surface area contributed by atoms with Crippen LogP contribution in [0.25, 0.3) is 0 Å². The number of benzene rings is 1. The second-order valence-corrected chi connectivity index (χ2v) is 5.97. The van der Waals surface area contributed by atoms with Gasteiger partial charge in [-0.2, -0.15) is 5.10 Å². The molecule has 1 aromatic carbocycles. The molecule has 3 heterocycles. The minimum absolute atomic E-state index is 0.0596. The molecule has 1 amide bonds. The number of carbonyl (C=O) groups excluding carboxylic acids is 1. The smallest absolute Gasteiger partial charge is 0.231 e. The van der Waals surface area contributed by atoms with Crippen LogP contribution in [0.4, 0.5) is 5.82 Å². The van der Waals surface area contributed by atoms with E-state index in [1.807, 2.05) is 30.3 Å². The number of amides is 1. The average molecular weight is 350 g/mol. The van der Waals surface area contributed by atoms with E-state index in [-0.39, 0.29) is 12.7 Å². The van der Waals surface area contributed by atoms with Gasteiger partial charge >= 0.3 is 0 Å². The number of fused-ring (bicyclic) bond motifs is 1. The fourth-order valence-corrected chi connectivity index (χ4v) is 2.79. The van der Waals surface area contributed by atoms with E-state index in [1.54, 1.807) is 29.3 Å². The lowest BCUT2D eigenvalue weighted by atomic mass is 10.1. The van der Waals surface area contributed by atoms with Gasteiger partial charge in [-0.05, 0) is 35.7 Å². The highest BCUT2D eigenvalue weighted by Gasteiger charge is 2.14. The van der Waals surface area contributed by atoms with Gasteiger partial charge in [0.2, 0.25) is 12.7 Å². The zero-order valence-corrected chi connectivity index (χ0v) is 14.1. The summed E-state index contributed by atoms with van der Waals surface area (Å²) in [6.45, 7) is 0.804. The number of hydrogen-bond acceptors (Lipinski definition) is 5. The van der Waals surface area contributed by atoms with Crippen LogP contribution in [0, 0.1) is 0 Å². The first-order chi connectivity index (χ1) is 12.8. The molecule has 0 spiro atoms. The third kappa shape index (κ3) is 3.66. The molecular weight excluding hydrogens is 332 g/mol. The molecule has 1 aliphatic heterocycles. The highest BCUT2D eigenvalue weighted by molar-refractivity contribution is 5.90. The van der Waals surface area contributed by atoms with Crippen molar-refractivity contribution in [1.29, 1.82) is 0 Å². The number of hydrogen-bond donors (Lipinski definition) is 1. The molecule has 1 aliphatic rings. The Morgan fingerprint density at radius 1 is 1.12 bits per heavy atom. The first kappa shape index (κ1) is 16.1. The number of pyridine rings is 1. The van der Waals surface area contributed by atoms with E-state index >= 15 is 0 Å². The maximum Gasteiger partial charge on any atom is 0.231 e. The summed E-state index contributed by atoms with van der Waals surface area (Å²) >= 11 is 0. The van der Waals surface area contributed by atoms with Crippen LogP contribution in [-0.4, -0.2) is 27.5 Å². The van der Waals surface area contributed by atoms with E-state index in [0.717, 1.165) is 22.6 Å². The topological polar surface area (TPSA) is 78.3 Å². The molecule has 2 aromatic heterocycles. The summed E-state index contributed by atoms with van der Waals surface area (Å²) in [5, 5.41) is 7.18. The Hall–Kier alpha value is -3.35. The number of ether oxygens (including phenoxy) is 2. The number of anilines is 1. The van der Waals surface area contributed by atoms with Crippen LogP contribution in [0.5, 0.6) is 11.5 Å². The van der Waals surface area contributed by atoms with Crippen LogP contribution in [0.2, 0.25) is 0 Å².